The molecule has 1 aromatic carbocycles. The second-order valence-electron chi connectivity index (χ2n) is 35.4. The molecule has 0 radical (unpaired) electrons. The number of nitrogens with one attached hydrogen (secondary N) is 9. The van der Waals surface area contributed by atoms with Crippen LogP contribution >= 0.6 is 23.2 Å². The first-order chi connectivity index (χ1) is 54.0. The zero-order valence-corrected chi connectivity index (χ0v) is 66.9. The van der Waals surface area contributed by atoms with E-state index in [4.69, 9.17) is 47.9 Å². The molecule has 2 saturated heterocycles. The number of hydrogen-bond acceptors (Lipinski definition) is 23. The summed E-state index contributed by atoms with van der Waals surface area (Å²) in [7, 11) is 1.54. The highest BCUT2D eigenvalue weighted by atomic mass is 35.5. The number of ether oxygens (including phenoxy) is 4. The maximum Gasteiger partial charge on any atom is 0.247 e. The Kier molecular flexibility index (Phi) is 29.6. The molecule has 14 aliphatic rings. The van der Waals surface area contributed by atoms with Crippen molar-refractivity contribution in [1.82, 2.24) is 47.9 Å². The van der Waals surface area contributed by atoms with Crippen LogP contribution in [0.15, 0.2) is 12.1 Å². The normalized spacial score (nSPS) is 40.9. The molecule has 1 aromatic rings. The van der Waals surface area contributed by atoms with Gasteiger partial charge in [-0.05, 0) is 206 Å². The van der Waals surface area contributed by atoms with Crippen molar-refractivity contribution in [2.45, 2.75) is 314 Å². The maximum atomic E-state index is 16.5. The van der Waals surface area contributed by atoms with Crippen LogP contribution in [0.2, 0.25) is 0 Å². The molecule has 6 heterocycles. The minimum Gasteiger partial charge on any atom is -0.485 e. The second-order valence-corrected chi connectivity index (χ2v) is 36.5. The van der Waals surface area contributed by atoms with Crippen molar-refractivity contribution in [3.05, 3.63) is 17.7 Å². The Bertz CT molecular complexity index is 3450. The first-order valence-corrected chi connectivity index (χ1v) is 42.9. The zero-order chi connectivity index (χ0) is 81.0. The van der Waals surface area contributed by atoms with Crippen molar-refractivity contribution in [2.24, 2.45) is 76.7 Å². The SMILES string of the molecule is CCCCCCCCCCNCC1C(O)CC2C(C3C[C@H](CC[C@H]3O)[C@H]3NC(=O)[C@@H]4NC(=O)[C@H](CC(N)=O)NC(=O)[C@H](NC(=O)[C@@H](CC(C)C)NC)[C@H](O)[C@H]5CC[C@@H](Oc6cc4cc(c6O[C@@H]4O[C@H](CO)[C@@H](O)[C@H](O)[C@H]4O)O[C@@H]4CC[C@@H](CC4Cl)[C@@H](O)[C@H](NC3=O)C(=O)N[C@@H]2C(=O)NC2C3CC4CC(C3)CC2C4)[C@H](Cl)C5)[C@H]1O. The van der Waals surface area contributed by atoms with Crippen LogP contribution in [0.25, 0.3) is 0 Å². The van der Waals surface area contributed by atoms with Gasteiger partial charge in [0.2, 0.25) is 59.3 Å². The number of primary amides is 1. The molecule has 6 unspecified atom stereocenters. The van der Waals surface area contributed by atoms with Crippen LogP contribution < -0.4 is 67.8 Å². The van der Waals surface area contributed by atoms with Gasteiger partial charge >= 0.3 is 0 Å². The number of aliphatic hydroxyl groups is 9. The average Bonchev–Trinajstić information content (AvgIpc) is 0.754. The van der Waals surface area contributed by atoms with Crippen LogP contribution in [-0.4, -0.2) is 246 Å². The fourth-order valence-electron chi connectivity index (χ4n) is 21.3. The molecule has 113 heavy (non-hydrogen) atoms. The molecule has 31 nitrogen and oxygen atoms in total. The van der Waals surface area contributed by atoms with E-state index in [-0.39, 0.29) is 118 Å². The minimum atomic E-state index is -2.12. The number of aliphatic hydroxyl groups excluding tert-OH is 9. The summed E-state index contributed by atoms with van der Waals surface area (Å²) in [6.45, 7) is 5.78. The fraction of sp³-hybridized carbons (Fsp3) is 0.825. The van der Waals surface area contributed by atoms with E-state index in [0.717, 1.165) is 70.6 Å². The molecule has 6 aliphatic heterocycles. The van der Waals surface area contributed by atoms with Gasteiger partial charge in [0.25, 0.3) is 0 Å². The van der Waals surface area contributed by atoms with Crippen LogP contribution in [0.3, 0.4) is 0 Å². The Morgan fingerprint density at radius 3 is 1.81 bits per heavy atom. The predicted molar refractivity (Wildman–Crippen MR) is 411 cm³/mol. The van der Waals surface area contributed by atoms with Crippen LogP contribution in [0, 0.1) is 71.0 Å². The van der Waals surface area contributed by atoms with Crippen molar-refractivity contribution in [3.63, 3.8) is 0 Å². The van der Waals surface area contributed by atoms with Crippen molar-refractivity contribution in [3.8, 4) is 17.2 Å². The topological polar surface area (TPSA) is 490 Å². The van der Waals surface area contributed by atoms with Gasteiger partial charge in [0.05, 0.1) is 60.3 Å². The lowest BCUT2D eigenvalue weighted by molar-refractivity contribution is -0.278. The summed E-state index contributed by atoms with van der Waals surface area (Å²) in [5.41, 5.74) is 5.63. The number of likely N-dealkylation sites (N-methyl/N-ethyl adjacent to an activating group) is 1. The number of halogens is 2. The summed E-state index contributed by atoms with van der Waals surface area (Å²) in [6, 6.07) is -9.83. The number of hydrogen-bond donors (Lipinski definition) is 19. The predicted octanol–water partition coefficient (Wildman–Crippen LogP) is 0.451. The van der Waals surface area contributed by atoms with Gasteiger partial charge in [0.15, 0.2) is 11.5 Å². The molecule has 8 aliphatic carbocycles. The lowest BCUT2D eigenvalue weighted by atomic mass is 9.54. The van der Waals surface area contributed by atoms with Crippen molar-refractivity contribution in [1.29, 1.82) is 0 Å². The highest BCUT2D eigenvalue weighted by Crippen LogP contribution is 2.55. The minimum absolute atomic E-state index is 0.00444. The molecular weight excluding hydrogens is 1510 g/mol. The molecule has 634 valence electrons. The maximum absolute atomic E-state index is 16.5. The van der Waals surface area contributed by atoms with Gasteiger partial charge in [-0.3, -0.25) is 38.4 Å². The lowest BCUT2D eigenvalue weighted by Crippen LogP contribution is -2.68. The molecular formula is C80H124Cl2N10O21. The molecule has 15 rings (SSSR count). The van der Waals surface area contributed by atoms with Gasteiger partial charge in [-0.15, -0.1) is 23.2 Å². The Morgan fingerprint density at radius 2 is 1.20 bits per heavy atom. The zero-order valence-electron chi connectivity index (χ0n) is 65.3. The molecule has 20 N–H and O–H groups in total. The van der Waals surface area contributed by atoms with Gasteiger partial charge in [-0.1, -0.05) is 65.7 Å². The van der Waals surface area contributed by atoms with Gasteiger partial charge in [0, 0.05) is 18.5 Å². The van der Waals surface area contributed by atoms with Gasteiger partial charge in [0.1, 0.15) is 72.9 Å². The summed E-state index contributed by atoms with van der Waals surface area (Å²) in [5.74, 6) is -14.7. The van der Waals surface area contributed by atoms with Crippen LogP contribution in [0.4, 0.5) is 0 Å². The number of amides is 8. The van der Waals surface area contributed by atoms with Crippen LogP contribution in [0.5, 0.6) is 17.2 Å². The van der Waals surface area contributed by atoms with E-state index in [1.807, 2.05) is 13.8 Å². The number of unbranched alkanes of at least 4 members (excludes halogenated alkanes) is 7. The molecule has 10 fully saturated rings. The number of benzene rings is 1. The smallest absolute Gasteiger partial charge is 0.247 e. The number of alkyl halides is 2. The standard InChI is InChI=1S/C80H124Cl2N10O21/c1-5-6-7-8-9-10-11-12-19-85-33-46-52(95)31-45-59(68(46)99)44-26-38(13-16-51(44)94)61-75(105)92-65(79(109)90-63(45)77(107)87-60-41-22-36-21-37(24-41)25-42(60)23-36)67(98)40-15-18-54(48(82)28-40)111-56-30-43-29-55(72(56)113-80-71(102)70(101)69(100)57(34-93)112-80)110-53-17-14-39(27-47(53)81)66(97)64(91-73(103)49(84-4)20-35(2)3)78(108)86-50(32-58(83)96)74(104)88-62(43)76(106)89-61/h29-30,35-42,44-54,57,59-71,80,84-85,93-95,97-102H,5-28,31-34H2,1-4H3,(H2,83,96)(H,86,108)(H,87,107)(H,88,104)(H,89,106)(H,90,109)(H,91,103)(H,92,105)/t36?,37?,38-,39-,40-,41?,42?,44?,45?,46?,47+,48?,49+,50-,51+,52?,53+,54+,57+,59?,60?,61+,62+,63-,64+,65-,66+,67+,68-,69+,70-,71+,80-/m0/s1. The molecule has 8 saturated carbocycles. The fourth-order valence-corrected chi connectivity index (χ4v) is 22.1. The lowest BCUT2D eigenvalue weighted by Gasteiger charge is -2.55. The third-order valence-corrected chi connectivity index (χ3v) is 28.1. The summed E-state index contributed by atoms with van der Waals surface area (Å²) >= 11 is 14.8. The summed E-state index contributed by atoms with van der Waals surface area (Å²) < 4.78 is 26.3. The van der Waals surface area contributed by atoms with Gasteiger partial charge in [-0.25, -0.2) is 0 Å². The second kappa shape index (κ2) is 38.5. The average molecular weight is 1630 g/mol. The molecule has 28 atom stereocenters. The summed E-state index contributed by atoms with van der Waals surface area (Å²) in [5, 5.41) is 133. The largest absolute Gasteiger partial charge is 0.485 e. The van der Waals surface area contributed by atoms with E-state index in [1.54, 1.807) is 7.05 Å². The van der Waals surface area contributed by atoms with E-state index < -0.39 is 234 Å². The van der Waals surface area contributed by atoms with Crippen molar-refractivity contribution < 1.29 is 103 Å². The number of carbonyl (C=O) groups is 8. The Labute approximate surface area is 670 Å². The van der Waals surface area contributed by atoms with Crippen LogP contribution in [0.1, 0.15) is 193 Å². The molecule has 0 spiro atoms. The highest BCUT2D eigenvalue weighted by molar-refractivity contribution is 6.21. The third-order valence-electron chi connectivity index (χ3n) is 27.2. The first kappa shape index (κ1) is 86.8. The van der Waals surface area contributed by atoms with Gasteiger partial charge in [-0.2, -0.15) is 0 Å². The third kappa shape index (κ3) is 19.9. The molecule has 33 heteroatoms. The first-order valence-electron chi connectivity index (χ1n) is 42.0. The summed E-state index contributed by atoms with van der Waals surface area (Å²) in [6.07, 6.45) is -6.67. The Balaban J connectivity index is 0.976. The summed E-state index contributed by atoms with van der Waals surface area (Å²) in [4.78, 5) is 123. The van der Waals surface area contributed by atoms with Crippen molar-refractivity contribution >= 4 is 70.5 Å². The van der Waals surface area contributed by atoms with Crippen molar-refractivity contribution in [2.75, 3.05) is 26.7 Å². The highest BCUT2D eigenvalue weighted by Gasteiger charge is 2.58. The molecule has 0 aromatic heterocycles. The van der Waals surface area contributed by atoms with E-state index in [1.165, 1.54) is 25.0 Å². The van der Waals surface area contributed by atoms with E-state index in [0.29, 0.717) is 18.4 Å². The number of fused-ring (bicyclic) bond motifs is 15. The Morgan fingerprint density at radius 1 is 0.602 bits per heavy atom. The molecule has 8 amide bonds. The number of rotatable bonds is 23. The molecule has 15 bridgehead atoms. The van der Waals surface area contributed by atoms with E-state index in [9.17, 15) is 55.5 Å². The quantitative estimate of drug-likeness (QED) is 0.0522. The van der Waals surface area contributed by atoms with Gasteiger partial charge < -0.3 is 118 Å². The Hall–Kier alpha value is -5.52. The number of carbonyl (C=O) groups excluding carboxylic acids is 8. The number of nitrogens with two attached hydrogens (primary N) is 1. The van der Waals surface area contributed by atoms with E-state index in [2.05, 4.69) is 54.8 Å². The van der Waals surface area contributed by atoms with E-state index >= 15 is 28.8 Å². The monoisotopic (exact) mass is 1630 g/mol. The van der Waals surface area contributed by atoms with Crippen LogP contribution in [-0.2, 0) is 43.1 Å².